The summed E-state index contributed by atoms with van der Waals surface area (Å²) in [5.41, 5.74) is -0.268. The van der Waals surface area contributed by atoms with E-state index >= 15 is 0 Å². The molecule has 2 heterocycles. The number of hydrogen-bond donors (Lipinski definition) is 2. The minimum absolute atomic E-state index is 0.0378. The van der Waals surface area contributed by atoms with Crippen LogP contribution in [0.4, 0.5) is 0 Å². The predicted molar refractivity (Wildman–Crippen MR) is 65.7 cm³/mol. The van der Waals surface area contributed by atoms with Gasteiger partial charge in [0.25, 0.3) is 5.91 Å². The first-order valence-electron chi connectivity index (χ1n) is 5.59. The summed E-state index contributed by atoms with van der Waals surface area (Å²) in [4.78, 5) is 26.2. The third-order valence-corrected chi connectivity index (χ3v) is 4.54. The number of hydrogen-bond acceptors (Lipinski definition) is 5. The van der Waals surface area contributed by atoms with E-state index in [2.05, 4.69) is 10.3 Å². The maximum Gasteiger partial charge on any atom is 0.354 e. The van der Waals surface area contributed by atoms with Gasteiger partial charge in [-0.1, -0.05) is 6.07 Å². The Bertz CT molecular complexity index is 626. The van der Waals surface area contributed by atoms with E-state index in [1.54, 1.807) is 0 Å². The molecule has 0 radical (unpaired) electrons. The molecule has 0 spiro atoms. The fraction of sp³-hybridized carbons (Fsp3) is 0.364. The zero-order chi connectivity index (χ0) is 14.0. The van der Waals surface area contributed by atoms with Crippen LogP contribution in [0.15, 0.2) is 18.2 Å². The molecule has 2 N–H and O–H groups in total. The van der Waals surface area contributed by atoms with Gasteiger partial charge in [0.2, 0.25) is 0 Å². The summed E-state index contributed by atoms with van der Waals surface area (Å²) in [6.45, 7) is 0. The van der Waals surface area contributed by atoms with Gasteiger partial charge < -0.3 is 10.4 Å². The molecule has 8 heteroatoms. The molecule has 1 aliphatic rings. The molecule has 19 heavy (non-hydrogen) atoms. The summed E-state index contributed by atoms with van der Waals surface area (Å²) in [6, 6.07) is 3.63. The highest BCUT2D eigenvalue weighted by atomic mass is 32.2. The van der Waals surface area contributed by atoms with Gasteiger partial charge in [0, 0.05) is 6.04 Å². The number of nitrogens with zero attached hydrogens (tertiary/aromatic N) is 1. The Morgan fingerprint density at radius 3 is 2.58 bits per heavy atom. The molecule has 7 nitrogen and oxygen atoms in total. The van der Waals surface area contributed by atoms with E-state index < -0.39 is 27.8 Å². The minimum atomic E-state index is -3.07. The number of aromatic carboxylic acids is 1. The fourth-order valence-electron chi connectivity index (χ4n) is 1.85. The molecule has 1 atom stereocenters. The molecule has 1 aromatic heterocycles. The van der Waals surface area contributed by atoms with Crippen LogP contribution >= 0.6 is 0 Å². The Morgan fingerprint density at radius 2 is 2.00 bits per heavy atom. The van der Waals surface area contributed by atoms with Gasteiger partial charge in [-0.05, 0) is 18.6 Å². The number of amides is 1. The number of rotatable bonds is 3. The molecule has 1 fully saturated rings. The van der Waals surface area contributed by atoms with Crippen LogP contribution in [-0.2, 0) is 9.84 Å². The summed E-state index contributed by atoms with van der Waals surface area (Å²) in [5.74, 6) is -1.82. The van der Waals surface area contributed by atoms with Gasteiger partial charge >= 0.3 is 5.97 Å². The van der Waals surface area contributed by atoms with E-state index in [-0.39, 0.29) is 22.9 Å². The zero-order valence-corrected chi connectivity index (χ0v) is 10.7. The van der Waals surface area contributed by atoms with E-state index in [1.165, 1.54) is 18.2 Å². The lowest BCUT2D eigenvalue weighted by Gasteiger charge is -2.10. The van der Waals surface area contributed by atoms with E-state index in [0.29, 0.717) is 6.42 Å². The van der Waals surface area contributed by atoms with Crippen molar-refractivity contribution < 1.29 is 23.1 Å². The number of nitrogens with one attached hydrogen (secondary N) is 1. The first kappa shape index (κ1) is 13.5. The van der Waals surface area contributed by atoms with Gasteiger partial charge in [0.15, 0.2) is 9.84 Å². The van der Waals surface area contributed by atoms with Crippen LogP contribution < -0.4 is 5.32 Å². The van der Waals surface area contributed by atoms with Crippen molar-refractivity contribution >= 4 is 21.7 Å². The largest absolute Gasteiger partial charge is 0.477 e. The molecule has 1 aliphatic heterocycles. The maximum atomic E-state index is 11.8. The second kappa shape index (κ2) is 4.96. The van der Waals surface area contributed by atoms with E-state index in [9.17, 15) is 18.0 Å². The van der Waals surface area contributed by atoms with Crippen molar-refractivity contribution in [2.24, 2.45) is 0 Å². The van der Waals surface area contributed by atoms with Crippen LogP contribution in [0, 0.1) is 0 Å². The molecule has 0 aromatic carbocycles. The molecule has 2 rings (SSSR count). The Balaban J connectivity index is 2.08. The van der Waals surface area contributed by atoms with Crippen molar-refractivity contribution in [3.8, 4) is 0 Å². The second-order valence-corrected chi connectivity index (χ2v) is 6.52. The van der Waals surface area contributed by atoms with Gasteiger partial charge in [-0.15, -0.1) is 0 Å². The van der Waals surface area contributed by atoms with Crippen molar-refractivity contribution in [1.82, 2.24) is 10.3 Å². The number of aromatic nitrogens is 1. The molecule has 1 saturated heterocycles. The Morgan fingerprint density at radius 1 is 1.32 bits per heavy atom. The maximum absolute atomic E-state index is 11.8. The van der Waals surface area contributed by atoms with Gasteiger partial charge in [0.05, 0.1) is 11.5 Å². The molecular formula is C11H12N2O5S. The summed E-state index contributed by atoms with van der Waals surface area (Å²) in [6.07, 6.45) is 0.368. The summed E-state index contributed by atoms with van der Waals surface area (Å²) < 4.78 is 22.5. The lowest BCUT2D eigenvalue weighted by atomic mass is 10.2. The quantitative estimate of drug-likeness (QED) is 0.787. The first-order valence-corrected chi connectivity index (χ1v) is 7.41. The van der Waals surface area contributed by atoms with Crippen LogP contribution in [0.2, 0.25) is 0 Å². The fourth-order valence-corrected chi connectivity index (χ4v) is 3.52. The van der Waals surface area contributed by atoms with Crippen molar-refractivity contribution in [2.45, 2.75) is 12.5 Å². The summed E-state index contributed by atoms with van der Waals surface area (Å²) >= 11 is 0. The highest BCUT2D eigenvalue weighted by Crippen LogP contribution is 2.12. The monoisotopic (exact) mass is 284 g/mol. The number of carbonyl (C=O) groups excluding carboxylic acids is 1. The molecule has 1 aromatic rings. The summed E-state index contributed by atoms with van der Waals surface area (Å²) in [7, 11) is -3.07. The standard InChI is InChI=1S/C11H12N2O5S/c14-10(12-7-4-5-19(17,18)6-7)8-2-1-3-9(13-8)11(15)16/h1-3,7H,4-6H2,(H,12,14)(H,15,16)/t7-/m1/s1. The normalized spacial score (nSPS) is 20.9. The number of pyridine rings is 1. The van der Waals surface area contributed by atoms with Gasteiger partial charge in [-0.2, -0.15) is 0 Å². The first-order chi connectivity index (χ1) is 8.87. The molecule has 0 unspecified atom stereocenters. The van der Waals surface area contributed by atoms with Crippen LogP contribution in [-0.4, -0.2) is 47.9 Å². The molecule has 0 saturated carbocycles. The number of carboxylic acid groups (broad SMARTS) is 1. The smallest absolute Gasteiger partial charge is 0.354 e. The average molecular weight is 284 g/mol. The molecule has 102 valence electrons. The highest BCUT2D eigenvalue weighted by molar-refractivity contribution is 7.91. The van der Waals surface area contributed by atoms with Crippen LogP contribution in [0.5, 0.6) is 0 Å². The SMILES string of the molecule is O=C(O)c1cccc(C(=O)N[C@@H]2CCS(=O)(=O)C2)n1. The van der Waals surface area contributed by atoms with Crippen molar-refractivity contribution in [3.05, 3.63) is 29.6 Å². The van der Waals surface area contributed by atoms with Gasteiger partial charge in [0.1, 0.15) is 11.4 Å². The molecule has 0 bridgehead atoms. The van der Waals surface area contributed by atoms with Gasteiger partial charge in [-0.25, -0.2) is 18.2 Å². The molecule has 1 amide bonds. The molecular weight excluding hydrogens is 272 g/mol. The average Bonchev–Trinajstić information content (AvgIpc) is 2.68. The lowest BCUT2D eigenvalue weighted by Crippen LogP contribution is -2.36. The Labute approximate surface area is 109 Å². The van der Waals surface area contributed by atoms with Crippen LogP contribution in [0.3, 0.4) is 0 Å². The van der Waals surface area contributed by atoms with Crippen molar-refractivity contribution in [3.63, 3.8) is 0 Å². The number of sulfone groups is 1. The van der Waals surface area contributed by atoms with E-state index in [1.807, 2.05) is 0 Å². The summed E-state index contributed by atoms with van der Waals surface area (Å²) in [5, 5.41) is 11.3. The van der Waals surface area contributed by atoms with Crippen molar-refractivity contribution in [2.75, 3.05) is 11.5 Å². The number of carbonyl (C=O) groups is 2. The second-order valence-electron chi connectivity index (χ2n) is 4.29. The lowest BCUT2D eigenvalue weighted by molar-refractivity contribution is 0.0690. The zero-order valence-electron chi connectivity index (χ0n) is 9.87. The minimum Gasteiger partial charge on any atom is -0.477 e. The third-order valence-electron chi connectivity index (χ3n) is 2.77. The Hall–Kier alpha value is -1.96. The van der Waals surface area contributed by atoms with Crippen LogP contribution in [0.25, 0.3) is 0 Å². The third kappa shape index (κ3) is 3.28. The highest BCUT2D eigenvalue weighted by Gasteiger charge is 2.29. The van der Waals surface area contributed by atoms with Crippen molar-refractivity contribution in [1.29, 1.82) is 0 Å². The van der Waals surface area contributed by atoms with E-state index in [0.717, 1.165) is 0 Å². The predicted octanol–water partition coefficient (Wildman–Crippen LogP) is -0.303. The van der Waals surface area contributed by atoms with Crippen LogP contribution in [0.1, 0.15) is 27.4 Å². The number of carboxylic acids is 1. The Kier molecular flexibility index (Phi) is 3.52. The van der Waals surface area contributed by atoms with E-state index in [4.69, 9.17) is 5.11 Å². The van der Waals surface area contributed by atoms with Gasteiger partial charge in [-0.3, -0.25) is 4.79 Å². The topological polar surface area (TPSA) is 113 Å². The molecule has 0 aliphatic carbocycles.